The minimum atomic E-state index is -0.641. The molecule has 13 heavy (non-hydrogen) atoms. The molecule has 1 rings (SSSR count). The van der Waals surface area contributed by atoms with E-state index in [4.69, 9.17) is 16.7 Å². The van der Waals surface area contributed by atoms with Gasteiger partial charge in [0.15, 0.2) is 10.0 Å². The van der Waals surface area contributed by atoms with E-state index in [-0.39, 0.29) is 11.4 Å². The number of nitrogens with two attached hydrogens (primary N) is 2. The lowest BCUT2D eigenvalue weighted by molar-refractivity contribution is 0.0996. The van der Waals surface area contributed by atoms with Crippen LogP contribution >= 0.6 is 23.1 Å². The maximum atomic E-state index is 10.7. The Morgan fingerprint density at radius 3 is 2.92 bits per heavy atom. The van der Waals surface area contributed by atoms with Crippen LogP contribution in [0, 0.1) is 11.3 Å². The largest absolute Gasteiger partial charge is 0.389 e. The number of nitrogen functional groups attached to an aromatic ring is 1. The van der Waals surface area contributed by atoms with E-state index >= 15 is 0 Å². The molecule has 7 heteroatoms. The van der Waals surface area contributed by atoms with E-state index in [9.17, 15) is 4.79 Å². The number of aromatic nitrogens is 1. The number of anilines is 1. The third-order valence-electron chi connectivity index (χ3n) is 1.13. The highest BCUT2D eigenvalue weighted by atomic mass is 32.2. The van der Waals surface area contributed by atoms with E-state index in [0.29, 0.717) is 9.34 Å². The normalized spacial score (nSPS) is 9.46. The second-order valence-electron chi connectivity index (χ2n) is 2.00. The van der Waals surface area contributed by atoms with Crippen LogP contribution < -0.4 is 11.5 Å². The lowest BCUT2D eigenvalue weighted by Gasteiger charge is -1.86. The quantitative estimate of drug-likeness (QED) is 0.710. The molecule has 1 aromatic heterocycles. The molecule has 1 aromatic rings. The van der Waals surface area contributed by atoms with Crippen molar-refractivity contribution in [1.29, 1.82) is 5.26 Å². The third kappa shape index (κ3) is 2.34. The summed E-state index contributed by atoms with van der Waals surface area (Å²) >= 11 is 2.39. The van der Waals surface area contributed by atoms with Crippen LogP contribution in [0.3, 0.4) is 0 Å². The maximum Gasteiger partial charge on any atom is 0.270 e. The molecule has 0 saturated carbocycles. The average molecular weight is 214 g/mol. The van der Waals surface area contributed by atoms with E-state index in [1.165, 1.54) is 11.8 Å². The Balaban J connectivity index is 2.84. The van der Waals surface area contributed by atoms with Gasteiger partial charge in [0, 0.05) is 0 Å². The molecule has 68 valence electrons. The zero-order chi connectivity index (χ0) is 9.84. The van der Waals surface area contributed by atoms with Crippen molar-refractivity contribution in [3.63, 3.8) is 0 Å². The first-order valence-electron chi connectivity index (χ1n) is 3.21. The van der Waals surface area contributed by atoms with Crippen molar-refractivity contribution in [3.05, 3.63) is 5.69 Å². The summed E-state index contributed by atoms with van der Waals surface area (Å²) in [5.74, 6) is -0.358. The van der Waals surface area contributed by atoms with Gasteiger partial charge in [-0.25, -0.2) is 4.98 Å². The maximum absolute atomic E-state index is 10.7. The molecule has 1 amide bonds. The summed E-state index contributed by atoms with van der Waals surface area (Å²) in [6.45, 7) is 0. The highest BCUT2D eigenvalue weighted by Crippen LogP contribution is 2.28. The molecule has 0 spiro atoms. The highest BCUT2D eigenvalue weighted by Gasteiger charge is 2.12. The lowest BCUT2D eigenvalue weighted by atomic mass is 10.4. The molecule has 0 saturated heterocycles. The summed E-state index contributed by atoms with van der Waals surface area (Å²) < 4.78 is 0.591. The van der Waals surface area contributed by atoms with Crippen LogP contribution in [0.2, 0.25) is 0 Å². The van der Waals surface area contributed by atoms with E-state index in [1.807, 2.05) is 6.07 Å². The first-order valence-corrected chi connectivity index (χ1v) is 5.01. The van der Waals surface area contributed by atoms with Gasteiger partial charge in [0.05, 0.1) is 11.8 Å². The molecular formula is C6H6N4OS2. The predicted molar refractivity (Wildman–Crippen MR) is 51.4 cm³/mol. The van der Waals surface area contributed by atoms with Crippen molar-refractivity contribution < 1.29 is 4.79 Å². The number of amides is 1. The number of thiazole rings is 1. The van der Waals surface area contributed by atoms with Crippen LogP contribution in [-0.4, -0.2) is 16.6 Å². The van der Waals surface area contributed by atoms with Gasteiger partial charge in [-0.15, -0.1) is 0 Å². The van der Waals surface area contributed by atoms with E-state index in [0.717, 1.165) is 11.3 Å². The molecule has 0 unspecified atom stereocenters. The summed E-state index contributed by atoms with van der Waals surface area (Å²) in [7, 11) is 0. The molecule has 0 aliphatic rings. The number of hydrogen-bond donors (Lipinski definition) is 2. The molecule has 4 N–H and O–H groups in total. The van der Waals surface area contributed by atoms with Crippen molar-refractivity contribution in [1.82, 2.24) is 4.98 Å². The van der Waals surface area contributed by atoms with Crippen molar-refractivity contribution >= 4 is 34.0 Å². The second kappa shape index (κ2) is 4.11. The van der Waals surface area contributed by atoms with Crippen LogP contribution in [0.15, 0.2) is 4.34 Å². The van der Waals surface area contributed by atoms with E-state index < -0.39 is 5.91 Å². The minimum Gasteiger partial charge on any atom is -0.389 e. The third-order valence-corrected chi connectivity index (χ3v) is 3.02. The Hall–Kier alpha value is -1.26. The molecule has 0 radical (unpaired) electrons. The minimum absolute atomic E-state index is 0.0884. The highest BCUT2D eigenvalue weighted by molar-refractivity contribution is 8.01. The van der Waals surface area contributed by atoms with Gasteiger partial charge >= 0.3 is 0 Å². The fraction of sp³-hybridized carbons (Fsp3) is 0.167. The van der Waals surface area contributed by atoms with Crippen molar-refractivity contribution in [2.45, 2.75) is 4.34 Å². The van der Waals surface area contributed by atoms with Crippen molar-refractivity contribution in [2.24, 2.45) is 5.73 Å². The van der Waals surface area contributed by atoms with Gasteiger partial charge in [0.2, 0.25) is 0 Å². The summed E-state index contributed by atoms with van der Waals surface area (Å²) in [6, 6.07) is 1.95. The van der Waals surface area contributed by atoms with Gasteiger partial charge in [-0.1, -0.05) is 23.1 Å². The Kier molecular flexibility index (Phi) is 3.11. The standard InChI is InChI=1S/C6H6N4OS2/c7-1-2-12-6-10-3(4(8)11)5(9)13-6/h2,9H2,(H2,8,11). The number of carbonyl (C=O) groups is 1. The average Bonchev–Trinajstić information content (AvgIpc) is 2.43. The number of rotatable bonds is 3. The summed E-state index contributed by atoms with van der Waals surface area (Å²) in [5.41, 5.74) is 10.6. The number of thioether (sulfide) groups is 1. The number of nitrogens with zero attached hydrogens (tertiary/aromatic N) is 2. The summed E-state index contributed by atoms with van der Waals surface area (Å²) in [6.07, 6.45) is 0. The molecule has 0 aliphatic carbocycles. The van der Waals surface area contributed by atoms with Crippen LogP contribution in [0.25, 0.3) is 0 Å². The number of carbonyl (C=O) groups excluding carboxylic acids is 1. The molecule has 0 fully saturated rings. The topological polar surface area (TPSA) is 106 Å². The monoisotopic (exact) mass is 214 g/mol. The Morgan fingerprint density at radius 1 is 1.77 bits per heavy atom. The number of hydrogen-bond acceptors (Lipinski definition) is 6. The second-order valence-corrected chi connectivity index (χ2v) is 4.26. The number of primary amides is 1. The smallest absolute Gasteiger partial charge is 0.270 e. The van der Waals surface area contributed by atoms with E-state index in [1.54, 1.807) is 0 Å². The van der Waals surface area contributed by atoms with Crippen LogP contribution in [0.4, 0.5) is 5.00 Å². The van der Waals surface area contributed by atoms with Gasteiger partial charge < -0.3 is 11.5 Å². The van der Waals surface area contributed by atoms with Crippen LogP contribution in [0.5, 0.6) is 0 Å². The van der Waals surface area contributed by atoms with Crippen LogP contribution in [-0.2, 0) is 0 Å². The van der Waals surface area contributed by atoms with Crippen molar-refractivity contribution in [3.8, 4) is 6.07 Å². The van der Waals surface area contributed by atoms with Crippen molar-refractivity contribution in [2.75, 3.05) is 11.5 Å². The molecule has 0 atom stereocenters. The first-order chi connectivity index (χ1) is 6.15. The Bertz CT molecular complexity index is 367. The molecule has 5 nitrogen and oxygen atoms in total. The van der Waals surface area contributed by atoms with Gasteiger partial charge in [-0.3, -0.25) is 4.79 Å². The predicted octanol–water partition coefficient (Wildman–Crippen LogP) is 0.440. The zero-order valence-corrected chi connectivity index (χ0v) is 8.11. The Labute approximate surface area is 82.7 Å². The first kappa shape index (κ1) is 9.83. The zero-order valence-electron chi connectivity index (χ0n) is 6.48. The molecular weight excluding hydrogens is 208 g/mol. The van der Waals surface area contributed by atoms with Gasteiger partial charge in [0.1, 0.15) is 5.00 Å². The number of nitriles is 1. The van der Waals surface area contributed by atoms with Gasteiger partial charge in [-0.2, -0.15) is 5.26 Å². The molecule has 1 heterocycles. The molecule has 0 aliphatic heterocycles. The van der Waals surface area contributed by atoms with Crippen LogP contribution in [0.1, 0.15) is 10.5 Å². The lowest BCUT2D eigenvalue weighted by Crippen LogP contribution is -2.13. The molecule has 0 bridgehead atoms. The fourth-order valence-electron chi connectivity index (χ4n) is 0.644. The fourth-order valence-corrected chi connectivity index (χ4v) is 2.24. The van der Waals surface area contributed by atoms with Gasteiger partial charge in [0.25, 0.3) is 5.91 Å². The van der Waals surface area contributed by atoms with E-state index in [2.05, 4.69) is 4.98 Å². The Morgan fingerprint density at radius 2 is 2.46 bits per heavy atom. The SMILES string of the molecule is N#CCSc1nc(C(N)=O)c(N)s1. The summed E-state index contributed by atoms with van der Waals surface area (Å²) in [4.78, 5) is 14.6. The van der Waals surface area contributed by atoms with Gasteiger partial charge in [-0.05, 0) is 0 Å². The summed E-state index contributed by atoms with van der Waals surface area (Å²) in [5, 5.41) is 8.60. The molecule has 0 aromatic carbocycles.